The van der Waals surface area contributed by atoms with Crippen LogP contribution in [0.3, 0.4) is 0 Å². The van der Waals surface area contributed by atoms with E-state index in [2.05, 4.69) is 10.4 Å². The van der Waals surface area contributed by atoms with Gasteiger partial charge in [-0.05, 0) is 47.2 Å². The molecule has 4 rings (SSSR count). The van der Waals surface area contributed by atoms with Gasteiger partial charge in [0.25, 0.3) is 11.1 Å². The van der Waals surface area contributed by atoms with Gasteiger partial charge < -0.3 is 0 Å². The molecular formula is C19H13ClFN3O2S. The summed E-state index contributed by atoms with van der Waals surface area (Å²) in [5, 5.41) is 8.72. The van der Waals surface area contributed by atoms with Crippen molar-refractivity contribution in [2.75, 3.05) is 0 Å². The summed E-state index contributed by atoms with van der Waals surface area (Å²) in [6, 6.07) is 13.3. The largest absolute Gasteiger partial charge is 0.290 e. The number of carbonyl (C=O) groups excluding carboxylic acids is 2. The number of thioether (sulfide) groups is 1. The van der Waals surface area contributed by atoms with Gasteiger partial charge in [-0.2, -0.15) is 5.10 Å². The maximum absolute atomic E-state index is 13.3. The van der Waals surface area contributed by atoms with Crippen LogP contribution in [-0.2, 0) is 4.79 Å². The predicted octanol–water partition coefficient (Wildman–Crippen LogP) is 4.45. The van der Waals surface area contributed by atoms with Crippen LogP contribution >= 0.6 is 23.4 Å². The molecule has 1 N–H and O–H groups in total. The summed E-state index contributed by atoms with van der Waals surface area (Å²) in [6.07, 6.45) is 2.12. The number of rotatable bonds is 3. The fourth-order valence-electron chi connectivity index (χ4n) is 2.95. The highest BCUT2D eigenvalue weighted by atomic mass is 35.5. The molecule has 1 saturated heterocycles. The van der Waals surface area contributed by atoms with Crippen molar-refractivity contribution >= 4 is 40.2 Å². The molecule has 27 heavy (non-hydrogen) atoms. The van der Waals surface area contributed by atoms with Gasteiger partial charge in [0.15, 0.2) is 0 Å². The van der Waals surface area contributed by atoms with Crippen molar-refractivity contribution in [1.82, 2.24) is 10.3 Å². The molecular weight excluding hydrogens is 389 g/mol. The highest BCUT2D eigenvalue weighted by molar-refractivity contribution is 8.18. The Kier molecular flexibility index (Phi) is 4.72. The van der Waals surface area contributed by atoms with E-state index >= 15 is 0 Å². The zero-order valence-corrected chi connectivity index (χ0v) is 15.4. The average molecular weight is 402 g/mol. The molecule has 2 aromatic carbocycles. The summed E-state index contributed by atoms with van der Waals surface area (Å²) in [5.41, 5.74) is 2.58. The van der Waals surface area contributed by atoms with E-state index in [9.17, 15) is 14.0 Å². The van der Waals surface area contributed by atoms with Crippen molar-refractivity contribution in [3.05, 3.63) is 81.6 Å². The average Bonchev–Trinajstić information content (AvgIpc) is 3.20. The van der Waals surface area contributed by atoms with E-state index in [0.29, 0.717) is 11.4 Å². The fourth-order valence-corrected chi connectivity index (χ4v) is 3.72. The maximum atomic E-state index is 13.3. The minimum absolute atomic E-state index is 0.215. The number of carbonyl (C=O) groups is 2. The third-order valence-corrected chi connectivity index (χ3v) is 5.32. The van der Waals surface area contributed by atoms with E-state index in [1.54, 1.807) is 35.5 Å². The van der Waals surface area contributed by atoms with Gasteiger partial charge in [-0.3, -0.25) is 19.9 Å². The summed E-state index contributed by atoms with van der Waals surface area (Å²) in [6.45, 7) is 0. The van der Waals surface area contributed by atoms with Crippen LogP contribution < -0.4 is 5.32 Å². The predicted molar refractivity (Wildman–Crippen MR) is 103 cm³/mol. The molecule has 8 heteroatoms. The molecule has 1 unspecified atom stereocenters. The number of benzene rings is 2. The van der Waals surface area contributed by atoms with E-state index in [1.807, 2.05) is 12.1 Å². The van der Waals surface area contributed by atoms with Gasteiger partial charge in [-0.15, -0.1) is 0 Å². The Labute approximate surface area is 163 Å². The molecule has 1 atom stereocenters. The third-order valence-electron chi connectivity index (χ3n) is 4.27. The topological polar surface area (TPSA) is 61.8 Å². The van der Waals surface area contributed by atoms with Crippen LogP contribution in [0.15, 0.2) is 64.7 Å². The molecule has 2 aliphatic rings. The molecule has 0 radical (unpaired) electrons. The molecule has 0 saturated carbocycles. The lowest BCUT2D eigenvalue weighted by Gasteiger charge is -2.20. The Hall–Kier alpha value is -2.64. The molecule has 2 aromatic rings. The molecule has 2 aliphatic heterocycles. The Morgan fingerprint density at radius 3 is 2.48 bits per heavy atom. The fraction of sp³-hybridized carbons (Fsp3) is 0.105. The maximum Gasteiger partial charge on any atom is 0.290 e. The van der Waals surface area contributed by atoms with Gasteiger partial charge in [0.1, 0.15) is 10.7 Å². The van der Waals surface area contributed by atoms with Crippen LogP contribution in [0.25, 0.3) is 0 Å². The lowest BCUT2D eigenvalue weighted by molar-refractivity contribution is -0.115. The van der Waals surface area contributed by atoms with Crippen molar-refractivity contribution < 1.29 is 14.0 Å². The van der Waals surface area contributed by atoms with Crippen LogP contribution in [0.4, 0.5) is 9.18 Å². The number of hydrogen-bond acceptors (Lipinski definition) is 5. The number of hydrogen-bond donors (Lipinski definition) is 1. The SMILES string of the molecule is O=C1NC(=O)/C(=C/N2N=C(c3ccc(Cl)cc3)CC2c2ccc(F)cc2)S1. The second-order valence-corrected chi connectivity index (χ2v) is 7.49. The molecule has 136 valence electrons. The molecule has 0 aromatic heterocycles. The van der Waals surface area contributed by atoms with Crippen molar-refractivity contribution in [3.63, 3.8) is 0 Å². The molecule has 2 amide bonds. The summed E-state index contributed by atoms with van der Waals surface area (Å²) in [5.74, 6) is -0.769. The van der Waals surface area contributed by atoms with E-state index in [-0.39, 0.29) is 16.8 Å². The van der Waals surface area contributed by atoms with Crippen LogP contribution in [0.2, 0.25) is 5.02 Å². The summed E-state index contributed by atoms with van der Waals surface area (Å²) >= 11 is 6.79. The molecule has 0 aliphatic carbocycles. The Bertz CT molecular complexity index is 973. The van der Waals surface area contributed by atoms with Gasteiger partial charge in [-0.1, -0.05) is 35.9 Å². The van der Waals surface area contributed by atoms with Gasteiger partial charge in [0.2, 0.25) is 0 Å². The van der Waals surface area contributed by atoms with Crippen molar-refractivity contribution in [2.45, 2.75) is 12.5 Å². The number of imide groups is 1. The van der Waals surface area contributed by atoms with Crippen molar-refractivity contribution in [2.24, 2.45) is 5.10 Å². The molecule has 1 fully saturated rings. The number of nitrogens with zero attached hydrogens (tertiary/aromatic N) is 2. The van der Waals surface area contributed by atoms with Gasteiger partial charge in [0.05, 0.1) is 11.8 Å². The highest BCUT2D eigenvalue weighted by Crippen LogP contribution is 2.35. The van der Waals surface area contributed by atoms with Crippen LogP contribution in [0.5, 0.6) is 0 Å². The monoisotopic (exact) mass is 401 g/mol. The Morgan fingerprint density at radius 2 is 1.85 bits per heavy atom. The molecule has 2 heterocycles. The van der Waals surface area contributed by atoms with Gasteiger partial charge in [-0.25, -0.2) is 4.39 Å². The number of hydrazone groups is 1. The van der Waals surface area contributed by atoms with E-state index in [0.717, 1.165) is 28.6 Å². The first-order valence-corrected chi connectivity index (χ1v) is 9.31. The first kappa shape index (κ1) is 17.8. The second kappa shape index (κ2) is 7.17. The minimum Gasteiger partial charge on any atom is -0.282 e. The third kappa shape index (κ3) is 3.74. The van der Waals surface area contributed by atoms with Crippen molar-refractivity contribution in [3.8, 4) is 0 Å². The minimum atomic E-state index is -0.446. The zero-order chi connectivity index (χ0) is 19.0. The standard InChI is InChI=1S/C19H13ClFN3O2S/c20-13-5-1-11(2-6-13)15-9-16(12-3-7-14(21)8-4-12)24(23-15)10-17-18(25)22-19(26)27-17/h1-8,10,16H,9H2,(H,22,25,26)/b17-10-. The summed E-state index contributed by atoms with van der Waals surface area (Å²) < 4.78 is 13.3. The van der Waals surface area contributed by atoms with Crippen molar-refractivity contribution in [1.29, 1.82) is 0 Å². The Morgan fingerprint density at radius 1 is 1.15 bits per heavy atom. The first-order chi connectivity index (χ1) is 13.0. The lowest BCUT2D eigenvalue weighted by atomic mass is 9.98. The number of nitrogens with one attached hydrogen (secondary N) is 1. The summed E-state index contributed by atoms with van der Waals surface area (Å²) in [7, 11) is 0. The van der Waals surface area contributed by atoms with Gasteiger partial charge in [0, 0.05) is 17.6 Å². The smallest absolute Gasteiger partial charge is 0.282 e. The van der Waals surface area contributed by atoms with Crippen LogP contribution in [0.1, 0.15) is 23.6 Å². The van der Waals surface area contributed by atoms with Crippen LogP contribution in [-0.4, -0.2) is 21.9 Å². The lowest BCUT2D eigenvalue weighted by Crippen LogP contribution is -2.19. The summed E-state index contributed by atoms with van der Waals surface area (Å²) in [4.78, 5) is 23.6. The number of halogens is 2. The number of amides is 2. The van der Waals surface area contributed by atoms with E-state index in [1.165, 1.54) is 12.1 Å². The molecule has 0 spiro atoms. The normalized spacial score (nSPS) is 21.0. The zero-order valence-electron chi connectivity index (χ0n) is 13.9. The van der Waals surface area contributed by atoms with E-state index < -0.39 is 11.1 Å². The van der Waals surface area contributed by atoms with E-state index in [4.69, 9.17) is 11.6 Å². The quantitative estimate of drug-likeness (QED) is 0.771. The highest BCUT2D eigenvalue weighted by Gasteiger charge is 2.31. The van der Waals surface area contributed by atoms with Gasteiger partial charge >= 0.3 is 0 Å². The van der Waals surface area contributed by atoms with Crippen LogP contribution in [0, 0.1) is 5.82 Å². The molecule has 5 nitrogen and oxygen atoms in total. The molecule has 0 bridgehead atoms. The second-order valence-electron chi connectivity index (χ2n) is 6.04. The first-order valence-electron chi connectivity index (χ1n) is 8.12. The Balaban J connectivity index is 1.70.